The minimum absolute atomic E-state index is 0.0401. The first-order valence-electron chi connectivity index (χ1n) is 7.10. The molecule has 1 aromatic heterocycles. The number of thioether (sulfide) groups is 1. The average molecular weight is 441 g/mol. The van der Waals surface area contributed by atoms with Gasteiger partial charge in [0.15, 0.2) is 4.34 Å². The van der Waals surface area contributed by atoms with Gasteiger partial charge in [-0.15, -0.1) is 11.3 Å². The third kappa shape index (κ3) is 4.87. The van der Waals surface area contributed by atoms with E-state index in [1.807, 2.05) is 29.6 Å². The van der Waals surface area contributed by atoms with Gasteiger partial charge in [-0.3, -0.25) is 4.79 Å². The first-order valence-corrected chi connectivity index (χ1v) is 9.76. The summed E-state index contributed by atoms with van der Waals surface area (Å²) in [6, 6.07) is 10.8. The molecule has 128 valence electrons. The van der Waals surface area contributed by atoms with Crippen LogP contribution in [0.4, 0.5) is 14.5 Å². The smallest absolute Gasteiger partial charge is 0.234 e. The number of benzene rings is 2. The monoisotopic (exact) mass is 440 g/mol. The minimum Gasteiger partial charge on any atom is -0.323 e. The van der Waals surface area contributed by atoms with Gasteiger partial charge in [0, 0.05) is 21.5 Å². The van der Waals surface area contributed by atoms with E-state index < -0.39 is 11.6 Å². The second-order valence-corrected chi connectivity index (χ2v) is 7.96. The fraction of sp³-hybridized carbons (Fsp3) is 0.0588. The number of nitrogens with zero attached hydrogens (tertiary/aromatic N) is 1. The standard InChI is InChI=1S/C17H11BrF2N2OS2/c18-11-3-1-10(2-4-11)15-8-24-17(22-15)25-9-16(23)21-14-6-5-12(19)7-13(14)20/h1-8H,9H2,(H,21,23). The van der Waals surface area contributed by atoms with E-state index in [0.29, 0.717) is 0 Å². The maximum Gasteiger partial charge on any atom is 0.234 e. The van der Waals surface area contributed by atoms with E-state index in [1.54, 1.807) is 0 Å². The van der Waals surface area contributed by atoms with Crippen molar-refractivity contribution in [3.63, 3.8) is 0 Å². The van der Waals surface area contributed by atoms with Crippen LogP contribution in [-0.4, -0.2) is 16.6 Å². The molecule has 0 aliphatic heterocycles. The molecule has 3 rings (SSSR count). The number of rotatable bonds is 5. The fourth-order valence-electron chi connectivity index (χ4n) is 1.98. The van der Waals surface area contributed by atoms with Crippen molar-refractivity contribution in [3.8, 4) is 11.3 Å². The zero-order valence-corrected chi connectivity index (χ0v) is 15.9. The molecule has 0 aliphatic rings. The quantitative estimate of drug-likeness (QED) is 0.526. The summed E-state index contributed by atoms with van der Waals surface area (Å²) in [5, 5.41) is 4.34. The topological polar surface area (TPSA) is 42.0 Å². The molecule has 3 aromatic rings. The molecule has 0 fully saturated rings. The predicted octanol–water partition coefficient (Wildman–Crippen LogP) is 5.58. The molecule has 1 heterocycles. The van der Waals surface area contributed by atoms with Gasteiger partial charge in [0.2, 0.25) is 5.91 Å². The number of nitrogens with one attached hydrogen (secondary N) is 1. The van der Waals surface area contributed by atoms with Crippen molar-refractivity contribution >= 4 is 50.6 Å². The van der Waals surface area contributed by atoms with Crippen LogP contribution in [0.3, 0.4) is 0 Å². The highest BCUT2D eigenvalue weighted by Crippen LogP contribution is 2.29. The molecule has 2 aromatic carbocycles. The Morgan fingerprint density at radius 2 is 1.96 bits per heavy atom. The molecule has 1 amide bonds. The average Bonchev–Trinajstić information content (AvgIpc) is 3.05. The third-order valence-corrected chi connectivity index (χ3v) is 5.70. The highest BCUT2D eigenvalue weighted by atomic mass is 79.9. The van der Waals surface area contributed by atoms with E-state index in [4.69, 9.17) is 0 Å². The van der Waals surface area contributed by atoms with E-state index >= 15 is 0 Å². The number of aromatic nitrogens is 1. The number of anilines is 1. The van der Waals surface area contributed by atoms with Crippen LogP contribution in [0.2, 0.25) is 0 Å². The Morgan fingerprint density at radius 1 is 1.20 bits per heavy atom. The summed E-state index contributed by atoms with van der Waals surface area (Å²) in [5.74, 6) is -1.78. The van der Waals surface area contributed by atoms with Crippen molar-refractivity contribution < 1.29 is 13.6 Å². The van der Waals surface area contributed by atoms with Crippen molar-refractivity contribution in [2.45, 2.75) is 4.34 Å². The Morgan fingerprint density at radius 3 is 2.68 bits per heavy atom. The second-order valence-electron chi connectivity index (χ2n) is 4.97. The Labute approximate surface area is 159 Å². The van der Waals surface area contributed by atoms with E-state index in [1.165, 1.54) is 29.2 Å². The molecule has 3 nitrogen and oxygen atoms in total. The summed E-state index contributed by atoms with van der Waals surface area (Å²) in [7, 11) is 0. The Hall–Kier alpha value is -1.77. The second kappa shape index (κ2) is 8.07. The number of hydrogen-bond acceptors (Lipinski definition) is 4. The Bertz CT molecular complexity index is 900. The number of carbonyl (C=O) groups is 1. The number of thiazole rings is 1. The number of amides is 1. The number of hydrogen-bond donors (Lipinski definition) is 1. The maximum absolute atomic E-state index is 13.5. The molecular formula is C17H11BrF2N2OS2. The maximum atomic E-state index is 13.5. The van der Waals surface area contributed by atoms with Crippen LogP contribution < -0.4 is 5.32 Å². The summed E-state index contributed by atoms with van der Waals surface area (Å²) < 4.78 is 28.1. The van der Waals surface area contributed by atoms with Gasteiger partial charge in [0.1, 0.15) is 11.6 Å². The lowest BCUT2D eigenvalue weighted by Crippen LogP contribution is -2.15. The molecule has 1 N–H and O–H groups in total. The van der Waals surface area contributed by atoms with Crippen LogP contribution in [-0.2, 0) is 4.79 Å². The Kier molecular flexibility index (Phi) is 5.82. The van der Waals surface area contributed by atoms with Crippen LogP contribution >= 0.6 is 39.0 Å². The molecule has 0 bridgehead atoms. The van der Waals surface area contributed by atoms with E-state index in [2.05, 4.69) is 26.2 Å². The summed E-state index contributed by atoms with van der Waals surface area (Å²) >= 11 is 6.09. The van der Waals surface area contributed by atoms with Gasteiger partial charge in [-0.1, -0.05) is 39.8 Å². The molecular weight excluding hydrogens is 430 g/mol. The van der Waals surface area contributed by atoms with Crippen molar-refractivity contribution in [1.29, 1.82) is 0 Å². The first-order chi connectivity index (χ1) is 12.0. The largest absolute Gasteiger partial charge is 0.323 e. The molecule has 0 unspecified atom stereocenters. The number of halogens is 3. The van der Waals surface area contributed by atoms with E-state index in [0.717, 1.165) is 32.2 Å². The predicted molar refractivity (Wildman–Crippen MR) is 101 cm³/mol. The van der Waals surface area contributed by atoms with Crippen molar-refractivity contribution in [2.75, 3.05) is 11.1 Å². The minimum atomic E-state index is -0.801. The van der Waals surface area contributed by atoms with Gasteiger partial charge in [-0.05, 0) is 24.3 Å². The highest BCUT2D eigenvalue weighted by molar-refractivity contribution is 9.10. The van der Waals surface area contributed by atoms with Crippen LogP contribution in [0.5, 0.6) is 0 Å². The molecule has 0 saturated carbocycles. The van der Waals surface area contributed by atoms with Gasteiger partial charge >= 0.3 is 0 Å². The molecule has 8 heteroatoms. The SMILES string of the molecule is O=C(CSc1nc(-c2ccc(Br)cc2)cs1)Nc1ccc(F)cc1F. The first kappa shape index (κ1) is 18.0. The molecule has 0 spiro atoms. The van der Waals surface area contributed by atoms with E-state index in [-0.39, 0.29) is 17.3 Å². The van der Waals surface area contributed by atoms with Crippen molar-refractivity contribution in [3.05, 3.63) is 64.0 Å². The number of carbonyl (C=O) groups excluding carboxylic acids is 1. The lowest BCUT2D eigenvalue weighted by Gasteiger charge is -2.05. The van der Waals surface area contributed by atoms with Crippen molar-refractivity contribution in [2.24, 2.45) is 0 Å². The lowest BCUT2D eigenvalue weighted by molar-refractivity contribution is -0.113. The summed E-state index contributed by atoms with van der Waals surface area (Å²) in [5.41, 5.74) is 1.79. The van der Waals surface area contributed by atoms with Gasteiger partial charge < -0.3 is 5.32 Å². The van der Waals surface area contributed by atoms with Crippen LogP contribution in [0.15, 0.2) is 56.7 Å². The molecule has 25 heavy (non-hydrogen) atoms. The van der Waals surface area contributed by atoms with Gasteiger partial charge in [-0.25, -0.2) is 13.8 Å². The zero-order valence-electron chi connectivity index (χ0n) is 12.6. The highest BCUT2D eigenvalue weighted by Gasteiger charge is 2.11. The lowest BCUT2D eigenvalue weighted by atomic mass is 10.2. The summed E-state index contributed by atoms with van der Waals surface area (Å²) in [4.78, 5) is 16.4. The molecule has 0 radical (unpaired) electrons. The van der Waals surface area contributed by atoms with Crippen LogP contribution in [0, 0.1) is 11.6 Å². The fourth-order valence-corrected chi connectivity index (χ4v) is 3.88. The zero-order chi connectivity index (χ0) is 17.8. The van der Waals surface area contributed by atoms with Crippen LogP contribution in [0.1, 0.15) is 0 Å². The van der Waals surface area contributed by atoms with Gasteiger partial charge in [0.05, 0.1) is 17.1 Å². The van der Waals surface area contributed by atoms with Gasteiger partial charge in [-0.2, -0.15) is 0 Å². The molecule has 0 atom stereocenters. The normalized spacial score (nSPS) is 10.7. The van der Waals surface area contributed by atoms with Gasteiger partial charge in [0.25, 0.3) is 0 Å². The van der Waals surface area contributed by atoms with Crippen molar-refractivity contribution in [1.82, 2.24) is 4.98 Å². The third-order valence-electron chi connectivity index (χ3n) is 3.16. The summed E-state index contributed by atoms with van der Waals surface area (Å²) in [6.45, 7) is 0. The molecule has 0 aliphatic carbocycles. The van der Waals surface area contributed by atoms with Crippen LogP contribution in [0.25, 0.3) is 11.3 Å². The Balaban J connectivity index is 1.58. The molecule has 0 saturated heterocycles. The van der Waals surface area contributed by atoms with E-state index in [9.17, 15) is 13.6 Å². The summed E-state index contributed by atoms with van der Waals surface area (Å²) in [6.07, 6.45) is 0.